The van der Waals surface area contributed by atoms with Crippen LogP contribution in [0.1, 0.15) is 42.2 Å². The van der Waals surface area contributed by atoms with Gasteiger partial charge in [0, 0.05) is 11.5 Å². The maximum atomic E-state index is 14.2. The number of alkyl halides is 2. The molecule has 2 aromatic rings. The quantitative estimate of drug-likeness (QED) is 0.455. The summed E-state index contributed by atoms with van der Waals surface area (Å²) in [6.07, 6.45) is -7.28. The topological polar surface area (TPSA) is 27.7 Å². The number of ether oxygens (including phenoxy) is 3. The summed E-state index contributed by atoms with van der Waals surface area (Å²) in [4.78, 5) is 0. The maximum Gasteiger partial charge on any atom is 0.425 e. The summed E-state index contributed by atoms with van der Waals surface area (Å²) >= 11 is 0. The zero-order valence-corrected chi connectivity index (χ0v) is 16.5. The van der Waals surface area contributed by atoms with Crippen molar-refractivity contribution in [3.8, 4) is 5.75 Å². The van der Waals surface area contributed by atoms with Crippen molar-refractivity contribution >= 4 is 0 Å². The lowest BCUT2D eigenvalue weighted by Crippen LogP contribution is -2.26. The summed E-state index contributed by atoms with van der Waals surface area (Å²) < 4.78 is 93.9. The minimum absolute atomic E-state index is 0.0784. The Bertz CT molecular complexity index is 894. The van der Waals surface area contributed by atoms with Gasteiger partial charge < -0.3 is 14.2 Å². The Morgan fingerprint density at radius 1 is 1.03 bits per heavy atom. The Morgan fingerprint density at radius 2 is 1.61 bits per heavy atom. The molecule has 31 heavy (non-hydrogen) atoms. The van der Waals surface area contributed by atoms with Gasteiger partial charge in [-0.3, -0.25) is 0 Å². The molecular weight excluding hydrogens is 426 g/mol. The molecule has 0 aliphatic carbocycles. The minimum atomic E-state index is -4.58. The highest BCUT2D eigenvalue weighted by Gasteiger charge is 2.34. The highest BCUT2D eigenvalue weighted by Crippen LogP contribution is 2.35. The highest BCUT2D eigenvalue weighted by atomic mass is 19.3. The second-order valence-corrected chi connectivity index (χ2v) is 7.10. The van der Waals surface area contributed by atoms with Gasteiger partial charge in [-0.05, 0) is 29.7 Å². The number of aryl methyl sites for hydroxylation is 1. The predicted octanol–water partition coefficient (Wildman–Crippen LogP) is 6.50. The molecular formula is C22H20F6O3. The van der Waals surface area contributed by atoms with Gasteiger partial charge in [0.2, 0.25) is 0 Å². The molecule has 0 N–H and O–H groups in total. The first-order valence-electron chi connectivity index (χ1n) is 9.60. The number of hydrogen-bond acceptors (Lipinski definition) is 3. The van der Waals surface area contributed by atoms with E-state index in [9.17, 15) is 26.3 Å². The summed E-state index contributed by atoms with van der Waals surface area (Å²) in [5.41, 5.74) is 2.12. The Balaban J connectivity index is 1.67. The van der Waals surface area contributed by atoms with E-state index in [4.69, 9.17) is 9.47 Å². The summed E-state index contributed by atoms with van der Waals surface area (Å²) in [6.45, 7) is 2.53. The third-order valence-corrected chi connectivity index (χ3v) is 4.70. The van der Waals surface area contributed by atoms with E-state index < -0.39 is 41.9 Å². The van der Waals surface area contributed by atoms with Crippen LogP contribution in [0.3, 0.4) is 0 Å². The van der Waals surface area contributed by atoms with Gasteiger partial charge in [0.25, 0.3) is 6.08 Å². The second-order valence-electron chi connectivity index (χ2n) is 7.10. The van der Waals surface area contributed by atoms with E-state index in [0.717, 1.165) is 18.4 Å². The number of hydrogen-bond donors (Lipinski definition) is 0. The summed E-state index contributed by atoms with van der Waals surface area (Å²) in [5, 5.41) is 0. The maximum absolute atomic E-state index is 14.2. The fraction of sp³-hybridized carbons (Fsp3) is 0.364. The average Bonchev–Trinajstić information content (AvgIpc) is 2.71. The van der Waals surface area contributed by atoms with Crippen LogP contribution in [-0.2, 0) is 15.9 Å². The molecule has 1 aliphatic heterocycles. The van der Waals surface area contributed by atoms with E-state index >= 15 is 0 Å². The van der Waals surface area contributed by atoms with Gasteiger partial charge in [-0.2, -0.15) is 17.6 Å². The number of rotatable bonds is 7. The van der Waals surface area contributed by atoms with Crippen LogP contribution < -0.4 is 4.74 Å². The molecule has 3 nitrogen and oxygen atoms in total. The van der Waals surface area contributed by atoms with E-state index in [1.54, 1.807) is 0 Å². The fourth-order valence-corrected chi connectivity index (χ4v) is 3.24. The molecule has 0 atom stereocenters. The van der Waals surface area contributed by atoms with Crippen LogP contribution in [0.25, 0.3) is 0 Å². The molecule has 1 fully saturated rings. The molecule has 1 aliphatic rings. The van der Waals surface area contributed by atoms with Crippen molar-refractivity contribution in [1.29, 1.82) is 0 Å². The van der Waals surface area contributed by atoms with Crippen LogP contribution in [0.2, 0.25) is 0 Å². The molecule has 1 saturated heterocycles. The number of benzene rings is 2. The van der Waals surface area contributed by atoms with Crippen molar-refractivity contribution in [2.45, 2.75) is 38.1 Å². The van der Waals surface area contributed by atoms with E-state index in [0.29, 0.717) is 12.1 Å². The predicted molar refractivity (Wildman–Crippen MR) is 100 cm³/mol. The Morgan fingerprint density at radius 3 is 2.13 bits per heavy atom. The normalized spacial score (nSPS) is 19.2. The van der Waals surface area contributed by atoms with Crippen molar-refractivity contribution < 1.29 is 40.6 Å². The molecule has 0 saturated carbocycles. The van der Waals surface area contributed by atoms with Crippen LogP contribution in [-0.4, -0.2) is 19.3 Å². The first kappa shape index (κ1) is 23.1. The monoisotopic (exact) mass is 446 g/mol. The Hall–Kier alpha value is -2.52. The van der Waals surface area contributed by atoms with Gasteiger partial charge in [0.15, 0.2) is 23.7 Å². The first-order valence-corrected chi connectivity index (χ1v) is 9.60. The first-order chi connectivity index (χ1) is 14.7. The van der Waals surface area contributed by atoms with Crippen LogP contribution in [0, 0.1) is 11.6 Å². The van der Waals surface area contributed by atoms with Gasteiger partial charge in [0.1, 0.15) is 0 Å². The third kappa shape index (κ3) is 6.01. The minimum Gasteiger partial charge on any atom is -0.423 e. The van der Waals surface area contributed by atoms with Crippen molar-refractivity contribution in [3.05, 3.63) is 76.9 Å². The van der Waals surface area contributed by atoms with Crippen LogP contribution >= 0.6 is 0 Å². The average molecular weight is 446 g/mol. The molecule has 0 spiro atoms. The van der Waals surface area contributed by atoms with Gasteiger partial charge in [-0.1, -0.05) is 37.6 Å². The molecule has 168 valence electrons. The lowest BCUT2D eigenvalue weighted by molar-refractivity contribution is -0.192. The molecule has 0 unspecified atom stereocenters. The molecule has 9 heteroatoms. The van der Waals surface area contributed by atoms with Crippen molar-refractivity contribution in [3.63, 3.8) is 0 Å². The molecule has 0 bridgehead atoms. The van der Waals surface area contributed by atoms with Crippen LogP contribution in [0.15, 0.2) is 48.6 Å². The molecule has 1 heterocycles. The smallest absolute Gasteiger partial charge is 0.423 e. The van der Waals surface area contributed by atoms with Crippen molar-refractivity contribution in [2.75, 3.05) is 13.2 Å². The largest absolute Gasteiger partial charge is 0.425 e. The van der Waals surface area contributed by atoms with Crippen LogP contribution in [0.4, 0.5) is 26.3 Å². The summed E-state index contributed by atoms with van der Waals surface area (Å²) in [7, 11) is 0. The molecule has 0 aromatic heterocycles. The fourth-order valence-electron chi connectivity index (χ4n) is 3.24. The number of halogens is 6. The van der Waals surface area contributed by atoms with E-state index in [2.05, 4.69) is 11.7 Å². The highest BCUT2D eigenvalue weighted by molar-refractivity contribution is 5.33. The van der Waals surface area contributed by atoms with E-state index in [-0.39, 0.29) is 24.7 Å². The summed E-state index contributed by atoms with van der Waals surface area (Å²) in [5.74, 6) is -4.55. The van der Waals surface area contributed by atoms with Crippen molar-refractivity contribution in [1.82, 2.24) is 0 Å². The lowest BCUT2D eigenvalue weighted by atomic mass is 9.97. The molecule has 3 rings (SSSR count). The third-order valence-electron chi connectivity index (χ3n) is 4.70. The Labute approximate surface area is 175 Å². The zero-order chi connectivity index (χ0) is 22.6. The van der Waals surface area contributed by atoms with Crippen molar-refractivity contribution in [2.24, 2.45) is 0 Å². The molecule has 2 aromatic carbocycles. The lowest BCUT2D eigenvalue weighted by Gasteiger charge is -2.30. The van der Waals surface area contributed by atoms with Gasteiger partial charge in [-0.15, -0.1) is 0 Å². The van der Waals surface area contributed by atoms with Gasteiger partial charge in [-0.25, -0.2) is 8.78 Å². The standard InChI is InChI=1S/C22H20F6O3/c1-2-3-13-4-6-14(7-5-13)16-11-29-21(30-12-16)15-8-17(23)20(18(24)9-15)31-22(27,28)10-19(25)26/h4-10,16,21H,2-3,11-12H2,1H3. The second kappa shape index (κ2) is 9.74. The van der Waals surface area contributed by atoms with Gasteiger partial charge in [0.05, 0.1) is 19.3 Å². The van der Waals surface area contributed by atoms with Gasteiger partial charge >= 0.3 is 6.11 Å². The molecule has 0 radical (unpaired) electrons. The van der Waals surface area contributed by atoms with E-state index in [1.807, 2.05) is 24.3 Å². The summed E-state index contributed by atoms with van der Waals surface area (Å²) in [6, 6.07) is 9.40. The van der Waals surface area contributed by atoms with Crippen LogP contribution in [0.5, 0.6) is 5.75 Å². The Kier molecular flexibility index (Phi) is 7.27. The molecule has 0 amide bonds. The zero-order valence-electron chi connectivity index (χ0n) is 16.5. The SMILES string of the molecule is CCCc1ccc(C2COC(c3cc(F)c(OC(F)(F)C=C(F)F)c(F)c3)OC2)cc1. The van der Waals surface area contributed by atoms with E-state index in [1.165, 1.54) is 5.56 Å².